The van der Waals surface area contributed by atoms with E-state index in [4.69, 9.17) is 14.2 Å². The van der Waals surface area contributed by atoms with Gasteiger partial charge in [-0.3, -0.25) is 4.79 Å². The monoisotopic (exact) mass is 385 g/mol. The summed E-state index contributed by atoms with van der Waals surface area (Å²) in [5, 5.41) is 0. The Labute approximate surface area is 152 Å². The molecule has 1 fully saturated rings. The molecule has 1 heterocycles. The highest BCUT2D eigenvalue weighted by atomic mass is 32.2. The second-order valence-electron chi connectivity index (χ2n) is 5.92. The summed E-state index contributed by atoms with van der Waals surface area (Å²) in [5.41, 5.74) is 0. The highest BCUT2D eigenvalue weighted by Crippen LogP contribution is 2.18. The topological polar surface area (TPSA) is 99.2 Å². The fourth-order valence-corrected chi connectivity index (χ4v) is 4.29. The lowest BCUT2D eigenvalue weighted by atomic mass is 10.2. The number of ether oxygens (including phenoxy) is 3. The minimum Gasteiger partial charge on any atom is -0.494 e. The maximum atomic E-state index is 12.0. The second kappa shape index (κ2) is 8.88. The van der Waals surface area contributed by atoms with E-state index >= 15 is 0 Å². The molecule has 0 aliphatic carbocycles. The Morgan fingerprint density at radius 1 is 1.12 bits per heavy atom. The molecule has 9 heteroatoms. The minimum absolute atomic E-state index is 0.0515. The number of rotatable bonds is 8. The number of benzene rings is 1. The number of sulfone groups is 1. The molecule has 0 aromatic heterocycles. The molecule has 0 spiro atoms. The molecule has 144 valence electrons. The van der Waals surface area contributed by atoms with Crippen LogP contribution in [-0.2, 0) is 24.2 Å². The highest BCUT2D eigenvalue weighted by molar-refractivity contribution is 7.91. The van der Waals surface area contributed by atoms with Crippen LogP contribution in [0.2, 0.25) is 0 Å². The summed E-state index contributed by atoms with van der Waals surface area (Å²) in [6.07, 6.45) is 0.402. The lowest BCUT2D eigenvalue weighted by Gasteiger charge is -2.23. The predicted molar refractivity (Wildman–Crippen MR) is 93.9 cm³/mol. The van der Waals surface area contributed by atoms with Gasteiger partial charge in [0.25, 0.3) is 5.91 Å². The van der Waals surface area contributed by atoms with E-state index in [0.717, 1.165) is 0 Å². The molecule has 0 unspecified atom stereocenters. The molecule has 0 saturated carbocycles. The number of amides is 1. The molecule has 2 rings (SSSR count). The van der Waals surface area contributed by atoms with Crippen molar-refractivity contribution in [1.82, 2.24) is 4.90 Å². The number of likely N-dealkylation sites (N-methyl/N-ethyl adjacent to an activating group) is 1. The van der Waals surface area contributed by atoms with Crippen LogP contribution in [0.15, 0.2) is 24.3 Å². The molecular weight excluding hydrogens is 362 g/mol. The van der Waals surface area contributed by atoms with Gasteiger partial charge in [-0.1, -0.05) is 0 Å². The first-order valence-corrected chi connectivity index (χ1v) is 10.1. The molecule has 26 heavy (non-hydrogen) atoms. The zero-order valence-corrected chi connectivity index (χ0v) is 15.7. The maximum absolute atomic E-state index is 12.0. The first-order valence-electron chi connectivity index (χ1n) is 8.28. The number of carbonyl (C=O) groups is 2. The molecule has 1 atom stereocenters. The molecule has 1 aromatic carbocycles. The average molecular weight is 385 g/mol. The summed E-state index contributed by atoms with van der Waals surface area (Å²) in [7, 11) is -1.57. The van der Waals surface area contributed by atoms with E-state index in [1.807, 2.05) is 6.92 Å². The number of hydrogen-bond donors (Lipinski definition) is 0. The number of carbonyl (C=O) groups excluding carboxylic acids is 2. The summed E-state index contributed by atoms with van der Waals surface area (Å²) in [6, 6.07) is 6.40. The first kappa shape index (κ1) is 20.0. The van der Waals surface area contributed by atoms with Crippen molar-refractivity contribution >= 4 is 21.7 Å². The number of nitrogens with zero attached hydrogens (tertiary/aromatic N) is 1. The van der Waals surface area contributed by atoms with Crippen LogP contribution in [0.4, 0.5) is 0 Å². The van der Waals surface area contributed by atoms with Gasteiger partial charge in [0.15, 0.2) is 23.1 Å². The second-order valence-corrected chi connectivity index (χ2v) is 8.14. The van der Waals surface area contributed by atoms with Gasteiger partial charge < -0.3 is 19.1 Å². The van der Waals surface area contributed by atoms with E-state index in [2.05, 4.69) is 0 Å². The standard InChI is InChI=1S/C17H23NO7S/c1-3-23-14-4-6-15(7-5-14)24-11-17(20)25-10-16(19)18(2)13-8-9-26(21,22)12-13/h4-7,13H,3,8-12H2,1-2H3/t13-/m1/s1. The third-order valence-electron chi connectivity index (χ3n) is 4.00. The van der Waals surface area contributed by atoms with E-state index in [-0.39, 0.29) is 24.2 Å². The molecule has 1 amide bonds. The van der Waals surface area contributed by atoms with Crippen molar-refractivity contribution in [2.75, 3.05) is 38.4 Å². The predicted octanol–water partition coefficient (Wildman–Crippen LogP) is 0.653. The van der Waals surface area contributed by atoms with Gasteiger partial charge in [0, 0.05) is 13.1 Å². The Morgan fingerprint density at radius 3 is 2.27 bits per heavy atom. The third-order valence-corrected chi connectivity index (χ3v) is 5.75. The fourth-order valence-electron chi connectivity index (χ4n) is 2.51. The zero-order chi connectivity index (χ0) is 19.2. The van der Waals surface area contributed by atoms with Gasteiger partial charge >= 0.3 is 5.97 Å². The highest BCUT2D eigenvalue weighted by Gasteiger charge is 2.32. The van der Waals surface area contributed by atoms with Crippen molar-refractivity contribution in [2.24, 2.45) is 0 Å². The van der Waals surface area contributed by atoms with Crippen LogP contribution in [-0.4, -0.2) is 69.6 Å². The molecule has 0 bridgehead atoms. The van der Waals surface area contributed by atoms with Crippen molar-refractivity contribution in [3.63, 3.8) is 0 Å². The lowest BCUT2D eigenvalue weighted by molar-refractivity contribution is -0.153. The Balaban J connectivity index is 1.71. The van der Waals surface area contributed by atoms with Crippen LogP contribution >= 0.6 is 0 Å². The molecule has 1 aromatic rings. The number of esters is 1. The zero-order valence-electron chi connectivity index (χ0n) is 14.8. The Hall–Kier alpha value is -2.29. The quantitative estimate of drug-likeness (QED) is 0.606. The molecular formula is C17H23NO7S. The molecule has 1 saturated heterocycles. The molecule has 1 aliphatic heterocycles. The SMILES string of the molecule is CCOc1ccc(OCC(=O)OCC(=O)N(C)[C@@H]2CCS(=O)(=O)C2)cc1. The van der Waals surface area contributed by atoms with Gasteiger partial charge in [0.1, 0.15) is 11.5 Å². The van der Waals surface area contributed by atoms with Crippen molar-refractivity contribution in [2.45, 2.75) is 19.4 Å². The molecule has 8 nitrogen and oxygen atoms in total. The van der Waals surface area contributed by atoms with E-state index in [0.29, 0.717) is 24.5 Å². The van der Waals surface area contributed by atoms with Gasteiger partial charge in [-0.25, -0.2) is 13.2 Å². The van der Waals surface area contributed by atoms with Crippen LogP contribution in [0.1, 0.15) is 13.3 Å². The average Bonchev–Trinajstić information content (AvgIpc) is 2.98. The van der Waals surface area contributed by atoms with Crippen molar-refractivity contribution in [3.05, 3.63) is 24.3 Å². The Bertz CT molecular complexity index is 730. The van der Waals surface area contributed by atoms with E-state index in [9.17, 15) is 18.0 Å². The van der Waals surface area contributed by atoms with Crippen molar-refractivity contribution in [1.29, 1.82) is 0 Å². The fraction of sp³-hybridized carbons (Fsp3) is 0.529. The first-order chi connectivity index (χ1) is 12.3. The van der Waals surface area contributed by atoms with E-state index in [1.165, 1.54) is 11.9 Å². The van der Waals surface area contributed by atoms with Crippen LogP contribution in [0.5, 0.6) is 11.5 Å². The summed E-state index contributed by atoms with van der Waals surface area (Å²) >= 11 is 0. The largest absolute Gasteiger partial charge is 0.494 e. The van der Waals surface area contributed by atoms with Gasteiger partial charge in [-0.05, 0) is 37.6 Å². The third kappa shape index (κ3) is 5.91. The van der Waals surface area contributed by atoms with Crippen molar-refractivity contribution in [3.8, 4) is 11.5 Å². The van der Waals surface area contributed by atoms with Crippen molar-refractivity contribution < 1.29 is 32.2 Å². The van der Waals surface area contributed by atoms with Gasteiger partial charge in [0.05, 0.1) is 18.1 Å². The van der Waals surface area contributed by atoms with Crippen LogP contribution < -0.4 is 9.47 Å². The van der Waals surface area contributed by atoms with Gasteiger partial charge in [-0.2, -0.15) is 0 Å². The molecule has 1 aliphatic rings. The maximum Gasteiger partial charge on any atom is 0.344 e. The normalized spacial score (nSPS) is 18.2. The van der Waals surface area contributed by atoms with Crippen LogP contribution in [0.25, 0.3) is 0 Å². The summed E-state index contributed by atoms with van der Waals surface area (Å²) in [4.78, 5) is 25.0. The minimum atomic E-state index is -3.08. The molecule has 0 radical (unpaired) electrons. The van der Waals surface area contributed by atoms with Crippen LogP contribution in [0.3, 0.4) is 0 Å². The summed E-state index contributed by atoms with van der Waals surface area (Å²) in [6.45, 7) is 1.66. The smallest absolute Gasteiger partial charge is 0.344 e. The van der Waals surface area contributed by atoms with E-state index < -0.39 is 28.3 Å². The van der Waals surface area contributed by atoms with Gasteiger partial charge in [-0.15, -0.1) is 0 Å². The molecule has 0 N–H and O–H groups in total. The summed E-state index contributed by atoms with van der Waals surface area (Å²) in [5.74, 6) is 0.0749. The summed E-state index contributed by atoms with van der Waals surface area (Å²) < 4.78 is 38.4. The van der Waals surface area contributed by atoms with Gasteiger partial charge in [0.2, 0.25) is 0 Å². The number of hydrogen-bond acceptors (Lipinski definition) is 7. The Morgan fingerprint density at radius 2 is 1.73 bits per heavy atom. The lowest BCUT2D eigenvalue weighted by Crippen LogP contribution is -2.40. The van der Waals surface area contributed by atoms with Crippen LogP contribution in [0, 0.1) is 0 Å². The van der Waals surface area contributed by atoms with E-state index in [1.54, 1.807) is 24.3 Å². The Kier molecular flexibility index (Phi) is 6.84.